The van der Waals surface area contributed by atoms with Crippen molar-refractivity contribution in [2.75, 3.05) is 0 Å². The Labute approximate surface area is 192 Å². The fourth-order valence-electron chi connectivity index (χ4n) is 2.88. The molecule has 0 aromatic heterocycles. The molecule has 1 N–H and O–H groups in total. The van der Waals surface area contributed by atoms with Crippen LogP contribution >= 0.6 is 23.4 Å². The van der Waals surface area contributed by atoms with Crippen LogP contribution < -0.4 is 10.1 Å². The highest BCUT2D eigenvalue weighted by Crippen LogP contribution is 2.32. The molecule has 9 heteroatoms. The summed E-state index contributed by atoms with van der Waals surface area (Å²) in [6.45, 7) is 0.204. The van der Waals surface area contributed by atoms with E-state index in [9.17, 15) is 14.9 Å². The number of carbonyl (C=O) groups is 1. The summed E-state index contributed by atoms with van der Waals surface area (Å²) in [5, 5.41) is 14.5. The molecule has 0 spiro atoms. The minimum absolute atomic E-state index is 0.0166. The minimum atomic E-state index is -0.451. The molecule has 4 rings (SSSR count). The maximum absolute atomic E-state index is 12.4. The predicted octanol–water partition coefficient (Wildman–Crippen LogP) is 5.72. The number of thioether (sulfide) groups is 1. The Kier molecular flexibility index (Phi) is 6.53. The Bertz CT molecular complexity index is 1230. The molecule has 0 radical (unpaired) electrons. The Morgan fingerprint density at radius 1 is 1.09 bits per heavy atom. The summed E-state index contributed by atoms with van der Waals surface area (Å²) in [6, 6.07) is 20.6. The highest BCUT2D eigenvalue weighted by molar-refractivity contribution is 8.18. The SMILES string of the molecule is O=C1NC(=Nc2ccccc2)S/C1=C\c1cc(Cl)ccc1OCc1ccc([N+](=O)[O-])cc1. The van der Waals surface area contributed by atoms with Crippen molar-refractivity contribution < 1.29 is 14.5 Å². The second kappa shape index (κ2) is 9.67. The van der Waals surface area contributed by atoms with E-state index >= 15 is 0 Å². The van der Waals surface area contributed by atoms with Gasteiger partial charge in [0.05, 0.1) is 15.5 Å². The van der Waals surface area contributed by atoms with Crippen molar-refractivity contribution in [2.45, 2.75) is 6.61 Å². The number of carbonyl (C=O) groups excluding carboxylic acids is 1. The average molecular weight is 466 g/mol. The number of hydrogen-bond acceptors (Lipinski definition) is 6. The predicted molar refractivity (Wildman–Crippen MR) is 126 cm³/mol. The van der Waals surface area contributed by atoms with Gasteiger partial charge in [0.25, 0.3) is 11.6 Å². The maximum atomic E-state index is 12.4. The van der Waals surface area contributed by atoms with Gasteiger partial charge < -0.3 is 10.1 Å². The fourth-order valence-corrected chi connectivity index (χ4v) is 3.89. The summed E-state index contributed by atoms with van der Waals surface area (Å²) >= 11 is 7.39. The van der Waals surface area contributed by atoms with Crippen LogP contribution in [0.4, 0.5) is 11.4 Å². The van der Waals surface area contributed by atoms with Crippen molar-refractivity contribution in [1.29, 1.82) is 0 Å². The summed E-state index contributed by atoms with van der Waals surface area (Å²) < 4.78 is 5.90. The monoisotopic (exact) mass is 465 g/mol. The van der Waals surface area contributed by atoms with Crippen molar-refractivity contribution in [2.24, 2.45) is 4.99 Å². The van der Waals surface area contributed by atoms with Crippen LogP contribution in [0, 0.1) is 10.1 Å². The van der Waals surface area contributed by atoms with E-state index in [2.05, 4.69) is 10.3 Å². The topological polar surface area (TPSA) is 93.8 Å². The lowest BCUT2D eigenvalue weighted by atomic mass is 10.1. The number of rotatable bonds is 6. The van der Waals surface area contributed by atoms with Gasteiger partial charge in [-0.15, -0.1) is 0 Å². The number of benzene rings is 3. The van der Waals surface area contributed by atoms with E-state index in [1.807, 2.05) is 30.3 Å². The van der Waals surface area contributed by atoms with Crippen LogP contribution in [-0.4, -0.2) is 16.0 Å². The first-order valence-electron chi connectivity index (χ1n) is 9.48. The van der Waals surface area contributed by atoms with E-state index in [0.717, 1.165) is 11.3 Å². The lowest BCUT2D eigenvalue weighted by Crippen LogP contribution is -2.19. The Balaban J connectivity index is 1.53. The van der Waals surface area contributed by atoms with E-state index < -0.39 is 4.92 Å². The van der Waals surface area contributed by atoms with E-state index in [0.29, 0.717) is 26.4 Å². The van der Waals surface area contributed by atoms with Crippen molar-refractivity contribution in [1.82, 2.24) is 5.32 Å². The zero-order valence-electron chi connectivity index (χ0n) is 16.5. The first-order valence-corrected chi connectivity index (χ1v) is 10.7. The molecule has 1 heterocycles. The van der Waals surface area contributed by atoms with Crippen LogP contribution in [0.2, 0.25) is 5.02 Å². The summed E-state index contributed by atoms with van der Waals surface area (Å²) in [5.74, 6) is 0.271. The minimum Gasteiger partial charge on any atom is -0.488 e. The first-order chi connectivity index (χ1) is 15.5. The number of nitrogens with one attached hydrogen (secondary N) is 1. The molecule has 0 atom stereocenters. The van der Waals surface area contributed by atoms with Gasteiger partial charge in [0.1, 0.15) is 12.4 Å². The average Bonchev–Trinajstić information content (AvgIpc) is 3.12. The largest absolute Gasteiger partial charge is 0.488 e. The van der Waals surface area contributed by atoms with Gasteiger partial charge >= 0.3 is 0 Å². The number of para-hydroxylation sites is 1. The highest BCUT2D eigenvalue weighted by Gasteiger charge is 2.24. The van der Waals surface area contributed by atoms with Crippen LogP contribution in [0.5, 0.6) is 5.75 Å². The molecule has 32 heavy (non-hydrogen) atoms. The molecular weight excluding hydrogens is 450 g/mol. The number of non-ortho nitro benzene ring substituents is 1. The van der Waals surface area contributed by atoms with Crippen LogP contribution in [0.25, 0.3) is 6.08 Å². The molecular formula is C23H16ClN3O4S. The molecule has 1 saturated heterocycles. The number of nitro benzene ring substituents is 1. The molecule has 7 nitrogen and oxygen atoms in total. The van der Waals surface area contributed by atoms with Gasteiger partial charge in [0.2, 0.25) is 0 Å². The third kappa shape index (κ3) is 5.35. The number of amidine groups is 1. The molecule has 0 saturated carbocycles. The molecule has 0 bridgehead atoms. The zero-order chi connectivity index (χ0) is 22.5. The molecule has 3 aromatic rings. The van der Waals surface area contributed by atoms with Crippen LogP contribution in [0.15, 0.2) is 82.7 Å². The number of hydrogen-bond donors (Lipinski definition) is 1. The normalized spacial score (nSPS) is 15.7. The summed E-state index contributed by atoms with van der Waals surface area (Å²) in [7, 11) is 0. The molecule has 0 aliphatic carbocycles. The second-order valence-electron chi connectivity index (χ2n) is 6.71. The zero-order valence-corrected chi connectivity index (χ0v) is 18.1. The molecule has 3 aromatic carbocycles. The number of aliphatic imine (C=N–C) groups is 1. The fraction of sp³-hybridized carbons (Fsp3) is 0.0435. The number of halogens is 1. The van der Waals surface area contributed by atoms with E-state index in [-0.39, 0.29) is 18.2 Å². The third-order valence-electron chi connectivity index (χ3n) is 4.44. The standard InChI is InChI=1S/C23H16ClN3O4S/c24-17-8-11-20(31-14-15-6-9-19(10-7-15)27(29)30)16(12-17)13-21-22(28)26-23(32-21)25-18-4-2-1-3-5-18/h1-13H,14H2,(H,25,26,28)/b21-13-. The lowest BCUT2D eigenvalue weighted by Gasteiger charge is -2.10. The quantitative estimate of drug-likeness (QED) is 0.285. The number of ether oxygens (including phenoxy) is 1. The van der Waals surface area contributed by atoms with Gasteiger partial charge in [-0.1, -0.05) is 29.8 Å². The molecule has 1 aliphatic rings. The Hall–Kier alpha value is -3.62. The smallest absolute Gasteiger partial charge is 0.269 e. The van der Waals surface area contributed by atoms with Crippen molar-refractivity contribution >= 4 is 51.9 Å². The van der Waals surface area contributed by atoms with Gasteiger partial charge in [-0.2, -0.15) is 0 Å². The number of nitro groups is 1. The summed E-state index contributed by atoms with van der Waals surface area (Å²) in [5.41, 5.74) is 2.17. The van der Waals surface area contributed by atoms with E-state index in [4.69, 9.17) is 16.3 Å². The third-order valence-corrected chi connectivity index (χ3v) is 5.58. The molecule has 1 aliphatic heterocycles. The number of nitrogens with zero attached hydrogens (tertiary/aromatic N) is 2. The summed E-state index contributed by atoms with van der Waals surface area (Å²) in [6.07, 6.45) is 1.70. The molecule has 1 fully saturated rings. The van der Waals surface area contributed by atoms with Gasteiger partial charge in [-0.25, -0.2) is 4.99 Å². The molecule has 160 valence electrons. The van der Waals surface area contributed by atoms with Gasteiger partial charge in [-0.05, 0) is 65.9 Å². The summed E-state index contributed by atoms with van der Waals surface area (Å²) in [4.78, 5) is 27.7. The maximum Gasteiger partial charge on any atom is 0.269 e. The van der Waals surface area contributed by atoms with Crippen LogP contribution in [0.1, 0.15) is 11.1 Å². The van der Waals surface area contributed by atoms with E-state index in [1.165, 1.54) is 23.9 Å². The highest BCUT2D eigenvalue weighted by atomic mass is 35.5. The molecule has 1 amide bonds. The van der Waals surface area contributed by atoms with E-state index in [1.54, 1.807) is 36.4 Å². The first kappa shape index (κ1) is 21.6. The Morgan fingerprint density at radius 2 is 1.84 bits per heavy atom. The van der Waals surface area contributed by atoms with Crippen molar-refractivity contribution in [3.63, 3.8) is 0 Å². The van der Waals surface area contributed by atoms with Crippen molar-refractivity contribution in [3.05, 3.63) is 104 Å². The molecule has 0 unspecified atom stereocenters. The van der Waals surface area contributed by atoms with Gasteiger partial charge in [0, 0.05) is 22.7 Å². The van der Waals surface area contributed by atoms with Crippen LogP contribution in [-0.2, 0) is 11.4 Å². The van der Waals surface area contributed by atoms with Crippen LogP contribution in [0.3, 0.4) is 0 Å². The van der Waals surface area contributed by atoms with Crippen molar-refractivity contribution in [3.8, 4) is 5.75 Å². The Morgan fingerprint density at radius 3 is 2.56 bits per heavy atom. The number of amides is 1. The van der Waals surface area contributed by atoms with Gasteiger partial charge in [-0.3, -0.25) is 14.9 Å². The van der Waals surface area contributed by atoms with Gasteiger partial charge in [0.15, 0.2) is 5.17 Å². The lowest BCUT2D eigenvalue weighted by molar-refractivity contribution is -0.384. The second-order valence-corrected chi connectivity index (χ2v) is 8.18.